The zero-order valence-corrected chi connectivity index (χ0v) is 24.7. The van der Waals surface area contributed by atoms with Crippen molar-refractivity contribution < 1.29 is 27.1 Å². The Kier molecular flexibility index (Phi) is 11.4. The molecule has 226 valence electrons. The summed E-state index contributed by atoms with van der Waals surface area (Å²) < 4.78 is 60.3. The van der Waals surface area contributed by atoms with Crippen molar-refractivity contribution in [3.8, 4) is 5.75 Å². The second kappa shape index (κ2) is 14.5. The fourth-order valence-electron chi connectivity index (χ4n) is 8.41. The number of carbonyl (C=O) groups is 1. The zero-order valence-electron chi connectivity index (χ0n) is 24.7. The fraction of sp³-hybridized carbons (Fsp3) is 0.794. The highest BCUT2D eigenvalue weighted by Crippen LogP contribution is 2.47. The Labute approximate surface area is 239 Å². The summed E-state index contributed by atoms with van der Waals surface area (Å²) in [6.45, 7) is 3.93. The first-order valence-electron chi connectivity index (χ1n) is 16.3. The Morgan fingerprint density at radius 2 is 1.25 bits per heavy atom. The monoisotopic (exact) mass is 566 g/mol. The maximum absolute atomic E-state index is 14.5. The lowest BCUT2D eigenvalue weighted by Gasteiger charge is -2.41. The summed E-state index contributed by atoms with van der Waals surface area (Å²) in [6, 6.07) is 2.20. The maximum atomic E-state index is 14.5. The van der Waals surface area contributed by atoms with E-state index >= 15 is 0 Å². The van der Waals surface area contributed by atoms with Gasteiger partial charge in [0, 0.05) is 12.0 Å². The number of rotatable bonds is 11. The number of hydrogen-bond donors (Lipinski definition) is 0. The van der Waals surface area contributed by atoms with Gasteiger partial charge in [0.05, 0.1) is 6.61 Å². The van der Waals surface area contributed by atoms with Crippen molar-refractivity contribution in [2.24, 2.45) is 35.5 Å². The minimum absolute atomic E-state index is 0.0147. The number of benzene rings is 1. The predicted octanol–water partition coefficient (Wildman–Crippen LogP) is 10.8. The molecule has 0 heterocycles. The number of halogens is 4. The molecule has 0 N–H and O–H groups in total. The van der Waals surface area contributed by atoms with Crippen molar-refractivity contribution in [3.05, 3.63) is 29.1 Å². The van der Waals surface area contributed by atoms with Crippen LogP contribution in [-0.2, 0) is 6.18 Å². The molecule has 3 aliphatic carbocycles. The van der Waals surface area contributed by atoms with E-state index < -0.39 is 34.7 Å². The van der Waals surface area contributed by atoms with Crippen LogP contribution >= 0.6 is 0 Å². The van der Waals surface area contributed by atoms with Crippen molar-refractivity contribution in [2.75, 3.05) is 6.61 Å². The first kappa shape index (κ1) is 31.3. The summed E-state index contributed by atoms with van der Waals surface area (Å²) >= 11 is 0. The molecule has 0 amide bonds. The average Bonchev–Trinajstić information content (AvgIpc) is 2.94. The van der Waals surface area contributed by atoms with Gasteiger partial charge in [-0.05, 0) is 112 Å². The lowest BCUT2D eigenvalue weighted by atomic mass is 9.64. The summed E-state index contributed by atoms with van der Waals surface area (Å²) in [4.78, 5) is 12.7. The third kappa shape index (κ3) is 8.03. The molecule has 1 aromatic rings. The number of Topliss-reactive ketones (excluding diaryl/α,β-unsaturated/α-hetero) is 1. The van der Waals surface area contributed by atoms with Gasteiger partial charge in [0.25, 0.3) is 0 Å². The van der Waals surface area contributed by atoms with E-state index in [2.05, 4.69) is 6.92 Å². The summed E-state index contributed by atoms with van der Waals surface area (Å²) in [6.07, 6.45) is 15.5. The second-order valence-electron chi connectivity index (χ2n) is 13.1. The van der Waals surface area contributed by atoms with Gasteiger partial charge in [-0.15, -0.1) is 0 Å². The van der Waals surface area contributed by atoms with Crippen LogP contribution in [0.2, 0.25) is 0 Å². The lowest BCUT2D eigenvalue weighted by molar-refractivity contribution is -0.140. The molecule has 40 heavy (non-hydrogen) atoms. The van der Waals surface area contributed by atoms with Gasteiger partial charge >= 0.3 is 6.18 Å². The van der Waals surface area contributed by atoms with Crippen molar-refractivity contribution in [1.82, 2.24) is 0 Å². The van der Waals surface area contributed by atoms with Crippen LogP contribution in [0.5, 0.6) is 5.75 Å². The van der Waals surface area contributed by atoms with Crippen LogP contribution in [0.3, 0.4) is 0 Å². The molecule has 0 unspecified atom stereocenters. The molecule has 3 aliphatic rings. The van der Waals surface area contributed by atoms with Gasteiger partial charge in [0.1, 0.15) is 5.56 Å². The predicted molar refractivity (Wildman–Crippen MR) is 152 cm³/mol. The van der Waals surface area contributed by atoms with E-state index in [9.17, 15) is 22.4 Å². The lowest BCUT2D eigenvalue weighted by Crippen LogP contribution is -2.29. The Morgan fingerprint density at radius 1 is 0.775 bits per heavy atom. The van der Waals surface area contributed by atoms with Crippen molar-refractivity contribution in [1.29, 1.82) is 0 Å². The third-order valence-corrected chi connectivity index (χ3v) is 10.6. The topological polar surface area (TPSA) is 26.3 Å². The number of alkyl halides is 3. The van der Waals surface area contributed by atoms with Crippen molar-refractivity contribution >= 4 is 5.78 Å². The molecular weight excluding hydrogens is 516 g/mol. The number of ether oxygens (including phenoxy) is 1. The molecule has 0 aromatic heterocycles. The van der Waals surface area contributed by atoms with Crippen LogP contribution in [0.25, 0.3) is 0 Å². The van der Waals surface area contributed by atoms with Gasteiger partial charge < -0.3 is 4.74 Å². The SMILES string of the molecule is CCCC1CCC(C2CCC(C3CCC(CCCC(=O)c4ccc(OCC)c(F)c4C(F)(F)F)CC3)CC2)CC1. The maximum Gasteiger partial charge on any atom is 0.420 e. The number of ketones is 1. The highest BCUT2D eigenvalue weighted by molar-refractivity contribution is 5.97. The molecule has 2 nitrogen and oxygen atoms in total. The molecule has 0 atom stereocenters. The largest absolute Gasteiger partial charge is 0.491 e. The standard InChI is InChI=1S/C34H50F4O2/c1-3-6-23-9-13-25(14-10-23)27-17-19-28(20-18-27)26-15-11-24(12-16-26)7-5-8-30(39)29-21-22-31(40-4-2)33(35)32(29)34(36,37)38/h21-28H,3-20H2,1-2H3. The summed E-state index contributed by atoms with van der Waals surface area (Å²) in [5.41, 5.74) is -2.08. The normalized spacial score (nSPS) is 29.8. The van der Waals surface area contributed by atoms with Gasteiger partial charge in [-0.25, -0.2) is 4.39 Å². The fourth-order valence-corrected chi connectivity index (χ4v) is 8.41. The number of hydrogen-bond acceptors (Lipinski definition) is 2. The van der Waals surface area contributed by atoms with E-state index in [1.54, 1.807) is 6.92 Å². The highest BCUT2D eigenvalue weighted by atomic mass is 19.4. The van der Waals surface area contributed by atoms with E-state index in [1.807, 2.05) is 0 Å². The molecule has 6 heteroatoms. The van der Waals surface area contributed by atoms with E-state index in [1.165, 1.54) is 77.0 Å². The minimum Gasteiger partial charge on any atom is -0.491 e. The first-order chi connectivity index (χ1) is 19.2. The second-order valence-corrected chi connectivity index (χ2v) is 13.1. The molecule has 0 spiro atoms. The molecule has 3 fully saturated rings. The molecule has 4 rings (SSSR count). The van der Waals surface area contributed by atoms with Crippen molar-refractivity contribution in [2.45, 2.75) is 129 Å². The smallest absolute Gasteiger partial charge is 0.420 e. The Bertz CT molecular complexity index is 934. The highest BCUT2D eigenvalue weighted by Gasteiger charge is 2.40. The molecule has 1 aromatic carbocycles. The summed E-state index contributed by atoms with van der Waals surface area (Å²) in [5, 5.41) is 0. The van der Waals surface area contributed by atoms with E-state index in [0.717, 1.165) is 61.0 Å². The zero-order chi connectivity index (χ0) is 28.7. The molecule has 0 saturated heterocycles. The van der Waals surface area contributed by atoms with Crippen molar-refractivity contribution in [3.63, 3.8) is 0 Å². The Hall–Kier alpha value is -1.59. The van der Waals surface area contributed by atoms with E-state index in [0.29, 0.717) is 12.3 Å². The Balaban J connectivity index is 1.18. The van der Waals surface area contributed by atoms with E-state index in [-0.39, 0.29) is 13.0 Å². The Morgan fingerprint density at radius 3 is 1.70 bits per heavy atom. The van der Waals surface area contributed by atoms with Gasteiger partial charge in [-0.2, -0.15) is 13.2 Å². The van der Waals surface area contributed by atoms with Crippen LogP contribution in [0.1, 0.15) is 139 Å². The molecule has 3 saturated carbocycles. The van der Waals surface area contributed by atoms with Crippen LogP contribution in [0.15, 0.2) is 12.1 Å². The average molecular weight is 567 g/mol. The van der Waals surface area contributed by atoms with Crippen LogP contribution in [-0.4, -0.2) is 12.4 Å². The van der Waals surface area contributed by atoms with Gasteiger partial charge in [-0.3, -0.25) is 4.79 Å². The number of carbonyl (C=O) groups excluding carboxylic acids is 1. The molecule has 0 bridgehead atoms. The molecule has 0 radical (unpaired) electrons. The first-order valence-corrected chi connectivity index (χ1v) is 16.3. The molecule has 0 aliphatic heterocycles. The third-order valence-electron chi connectivity index (χ3n) is 10.6. The van der Waals surface area contributed by atoms with Crippen LogP contribution in [0.4, 0.5) is 17.6 Å². The van der Waals surface area contributed by atoms with Gasteiger partial charge in [0.2, 0.25) is 0 Å². The minimum atomic E-state index is -4.95. The van der Waals surface area contributed by atoms with Crippen LogP contribution in [0, 0.1) is 41.3 Å². The molecular formula is C34H50F4O2. The summed E-state index contributed by atoms with van der Waals surface area (Å²) in [7, 11) is 0. The quantitative estimate of drug-likeness (QED) is 0.197. The van der Waals surface area contributed by atoms with Gasteiger partial charge in [-0.1, -0.05) is 51.9 Å². The summed E-state index contributed by atoms with van der Waals surface area (Å²) in [5.74, 6) is 2.53. The van der Waals surface area contributed by atoms with E-state index in [4.69, 9.17) is 4.74 Å². The van der Waals surface area contributed by atoms with Crippen LogP contribution < -0.4 is 4.74 Å². The van der Waals surface area contributed by atoms with Gasteiger partial charge in [0.15, 0.2) is 17.3 Å².